The van der Waals surface area contributed by atoms with Crippen molar-refractivity contribution < 1.29 is 18.7 Å². The lowest BCUT2D eigenvalue weighted by Gasteiger charge is -2.44. The van der Waals surface area contributed by atoms with Crippen LogP contribution in [-0.2, 0) is 20.9 Å². The molecule has 1 amide bonds. The Morgan fingerprint density at radius 1 is 1.27 bits per heavy atom. The van der Waals surface area contributed by atoms with Crippen LogP contribution in [0.3, 0.4) is 0 Å². The molecule has 160 valence electrons. The average Bonchev–Trinajstić information content (AvgIpc) is 3.21. The minimum Gasteiger partial charge on any atom is -0.372 e. The van der Waals surface area contributed by atoms with Crippen molar-refractivity contribution in [1.29, 1.82) is 0 Å². The van der Waals surface area contributed by atoms with E-state index in [1.807, 2.05) is 37.3 Å². The van der Waals surface area contributed by atoms with E-state index in [1.165, 1.54) is 6.07 Å². The molecule has 0 saturated carbocycles. The maximum Gasteiger partial charge on any atom is 0.238 e. The highest BCUT2D eigenvalue weighted by atomic mass is 19.1. The number of likely N-dealkylation sites (tertiary alicyclic amines) is 1. The van der Waals surface area contributed by atoms with Gasteiger partial charge in [0.15, 0.2) is 0 Å². The van der Waals surface area contributed by atoms with Gasteiger partial charge in [-0.2, -0.15) is 0 Å². The lowest BCUT2D eigenvalue weighted by Crippen LogP contribution is -2.57. The van der Waals surface area contributed by atoms with Crippen molar-refractivity contribution in [2.45, 2.75) is 44.5 Å². The van der Waals surface area contributed by atoms with Crippen LogP contribution in [0.2, 0.25) is 0 Å². The predicted molar refractivity (Wildman–Crippen MR) is 114 cm³/mol. The summed E-state index contributed by atoms with van der Waals surface area (Å²) >= 11 is 0. The number of hydrogen-bond acceptors (Lipinski definition) is 4. The molecule has 2 atom stereocenters. The standard InChI is InChI=1S/C24H29FN2O3/c1-18-8-9-20(25)21(14-18)26-23(28)16-27-12-11-24(10-5-13-30-24)22(15-27)29-17-19-6-3-2-4-7-19/h2-4,6-9,14,22H,5,10-13,15-17H2,1H3,(H,26,28)/t22-,24+/m1/s1. The molecule has 4 rings (SSSR count). The Bertz CT molecular complexity index is 868. The summed E-state index contributed by atoms with van der Waals surface area (Å²) in [5.41, 5.74) is 1.99. The molecule has 2 heterocycles. The maximum atomic E-state index is 14.0. The fourth-order valence-corrected chi connectivity index (χ4v) is 4.42. The van der Waals surface area contributed by atoms with Gasteiger partial charge in [0.25, 0.3) is 0 Å². The molecule has 2 saturated heterocycles. The molecule has 6 heteroatoms. The van der Waals surface area contributed by atoms with E-state index >= 15 is 0 Å². The van der Waals surface area contributed by atoms with E-state index in [9.17, 15) is 9.18 Å². The molecule has 1 spiro atoms. The first-order valence-electron chi connectivity index (χ1n) is 10.6. The van der Waals surface area contributed by atoms with Crippen molar-refractivity contribution in [2.75, 3.05) is 31.6 Å². The molecule has 0 unspecified atom stereocenters. The number of nitrogens with zero attached hydrogens (tertiary/aromatic N) is 1. The highest BCUT2D eigenvalue weighted by Gasteiger charge is 2.47. The molecular formula is C24H29FN2O3. The molecule has 0 radical (unpaired) electrons. The van der Waals surface area contributed by atoms with E-state index in [1.54, 1.807) is 12.1 Å². The molecule has 0 aromatic heterocycles. The Labute approximate surface area is 177 Å². The Morgan fingerprint density at radius 2 is 2.10 bits per heavy atom. The van der Waals surface area contributed by atoms with Crippen molar-refractivity contribution in [3.05, 3.63) is 65.5 Å². The molecule has 2 aromatic rings. The van der Waals surface area contributed by atoms with E-state index in [2.05, 4.69) is 10.2 Å². The van der Waals surface area contributed by atoms with Gasteiger partial charge in [-0.3, -0.25) is 9.69 Å². The lowest BCUT2D eigenvalue weighted by molar-refractivity contribution is -0.159. The average molecular weight is 413 g/mol. The maximum absolute atomic E-state index is 14.0. The SMILES string of the molecule is Cc1ccc(F)c(NC(=O)CN2CC[C@@]3(CCCO3)[C@H](OCc3ccccc3)C2)c1. The Kier molecular flexibility index (Phi) is 6.46. The van der Waals surface area contributed by atoms with E-state index in [-0.39, 0.29) is 29.8 Å². The first-order chi connectivity index (χ1) is 14.5. The van der Waals surface area contributed by atoms with Crippen LogP contribution in [0.4, 0.5) is 10.1 Å². The summed E-state index contributed by atoms with van der Waals surface area (Å²) in [5, 5.41) is 2.70. The minimum atomic E-state index is -0.421. The second kappa shape index (κ2) is 9.25. The number of amides is 1. The fraction of sp³-hybridized carbons (Fsp3) is 0.458. The van der Waals surface area contributed by atoms with Gasteiger partial charge in [-0.15, -0.1) is 0 Å². The van der Waals surface area contributed by atoms with Gasteiger partial charge in [0, 0.05) is 19.7 Å². The van der Waals surface area contributed by atoms with Crippen molar-refractivity contribution in [3.8, 4) is 0 Å². The van der Waals surface area contributed by atoms with Gasteiger partial charge in [-0.1, -0.05) is 36.4 Å². The van der Waals surface area contributed by atoms with Gasteiger partial charge in [0.2, 0.25) is 5.91 Å². The van der Waals surface area contributed by atoms with Crippen LogP contribution in [0.25, 0.3) is 0 Å². The van der Waals surface area contributed by atoms with Gasteiger partial charge < -0.3 is 14.8 Å². The largest absolute Gasteiger partial charge is 0.372 e. The van der Waals surface area contributed by atoms with E-state index in [4.69, 9.17) is 9.47 Å². The van der Waals surface area contributed by atoms with Gasteiger partial charge in [-0.25, -0.2) is 4.39 Å². The minimum absolute atomic E-state index is 0.0996. The third kappa shape index (κ3) is 4.89. The number of carbonyl (C=O) groups is 1. The highest BCUT2D eigenvalue weighted by molar-refractivity contribution is 5.92. The van der Waals surface area contributed by atoms with Crippen molar-refractivity contribution in [2.24, 2.45) is 0 Å². The fourth-order valence-electron chi connectivity index (χ4n) is 4.42. The number of rotatable bonds is 6. The molecular weight excluding hydrogens is 383 g/mol. The second-order valence-corrected chi connectivity index (χ2v) is 8.32. The Hall–Kier alpha value is -2.28. The first-order valence-corrected chi connectivity index (χ1v) is 10.6. The zero-order chi connectivity index (χ0) is 21.0. The molecule has 2 fully saturated rings. The smallest absolute Gasteiger partial charge is 0.238 e. The van der Waals surface area contributed by atoms with E-state index in [0.717, 1.165) is 43.5 Å². The number of anilines is 1. The number of nitrogens with one attached hydrogen (secondary N) is 1. The number of carbonyl (C=O) groups excluding carboxylic acids is 1. The molecule has 2 aromatic carbocycles. The zero-order valence-electron chi connectivity index (χ0n) is 17.4. The summed E-state index contributed by atoms with van der Waals surface area (Å²) in [6, 6.07) is 14.8. The molecule has 0 aliphatic carbocycles. The number of aryl methyl sites for hydroxylation is 1. The van der Waals surface area contributed by atoms with Crippen LogP contribution in [0.15, 0.2) is 48.5 Å². The Morgan fingerprint density at radius 3 is 2.87 bits per heavy atom. The topological polar surface area (TPSA) is 50.8 Å². The van der Waals surface area contributed by atoms with E-state index < -0.39 is 5.82 Å². The van der Waals surface area contributed by atoms with Gasteiger partial charge in [0.05, 0.1) is 30.5 Å². The summed E-state index contributed by atoms with van der Waals surface area (Å²) < 4.78 is 26.4. The molecule has 30 heavy (non-hydrogen) atoms. The highest BCUT2D eigenvalue weighted by Crippen LogP contribution is 2.38. The van der Waals surface area contributed by atoms with Crippen LogP contribution in [-0.4, -0.2) is 48.8 Å². The third-order valence-electron chi connectivity index (χ3n) is 6.05. The van der Waals surface area contributed by atoms with Crippen LogP contribution < -0.4 is 5.32 Å². The quantitative estimate of drug-likeness (QED) is 0.782. The summed E-state index contributed by atoms with van der Waals surface area (Å²) in [6.07, 6.45) is 2.76. The monoisotopic (exact) mass is 412 g/mol. The first kappa shape index (κ1) is 21.0. The number of ether oxygens (including phenoxy) is 2. The number of halogens is 1. The van der Waals surface area contributed by atoms with Crippen LogP contribution in [0, 0.1) is 12.7 Å². The normalized spacial score (nSPS) is 24.3. The van der Waals surface area contributed by atoms with Crippen LogP contribution in [0.5, 0.6) is 0 Å². The van der Waals surface area contributed by atoms with Gasteiger partial charge >= 0.3 is 0 Å². The lowest BCUT2D eigenvalue weighted by atomic mass is 9.85. The molecule has 2 aliphatic heterocycles. The molecule has 1 N–H and O–H groups in total. The number of hydrogen-bond donors (Lipinski definition) is 1. The van der Waals surface area contributed by atoms with Crippen molar-refractivity contribution >= 4 is 11.6 Å². The van der Waals surface area contributed by atoms with Crippen molar-refractivity contribution in [3.63, 3.8) is 0 Å². The third-order valence-corrected chi connectivity index (χ3v) is 6.05. The van der Waals surface area contributed by atoms with E-state index in [0.29, 0.717) is 13.2 Å². The van der Waals surface area contributed by atoms with Crippen molar-refractivity contribution in [1.82, 2.24) is 4.90 Å². The number of benzene rings is 2. The van der Waals surface area contributed by atoms with Crippen LogP contribution in [0.1, 0.15) is 30.4 Å². The molecule has 0 bridgehead atoms. The van der Waals surface area contributed by atoms with Gasteiger partial charge in [0.1, 0.15) is 5.82 Å². The summed E-state index contributed by atoms with van der Waals surface area (Å²) in [6.45, 7) is 4.74. The summed E-state index contributed by atoms with van der Waals surface area (Å²) in [7, 11) is 0. The zero-order valence-corrected chi connectivity index (χ0v) is 17.4. The summed E-state index contributed by atoms with van der Waals surface area (Å²) in [5.74, 6) is -0.639. The Balaban J connectivity index is 1.38. The van der Waals surface area contributed by atoms with Gasteiger partial charge in [-0.05, 0) is 49.4 Å². The van der Waals surface area contributed by atoms with Crippen LogP contribution >= 0.6 is 0 Å². The predicted octanol–water partition coefficient (Wildman–Crippen LogP) is 3.91. The number of piperidine rings is 1. The summed E-state index contributed by atoms with van der Waals surface area (Å²) in [4.78, 5) is 14.6. The molecule has 2 aliphatic rings. The molecule has 5 nitrogen and oxygen atoms in total. The second-order valence-electron chi connectivity index (χ2n) is 8.32.